The summed E-state index contributed by atoms with van der Waals surface area (Å²) in [6, 6.07) is 12.2. The number of nitrogens with zero attached hydrogens (tertiary/aromatic N) is 1. The average molecular weight is 359 g/mol. The molecule has 0 aliphatic rings. The molecule has 0 unspecified atom stereocenters. The number of thiophene rings is 1. The Balaban J connectivity index is 1.83. The molecule has 0 bridgehead atoms. The zero-order valence-corrected chi connectivity index (χ0v) is 15.9. The third kappa shape index (κ3) is 6.97. The lowest BCUT2D eigenvalue weighted by Crippen LogP contribution is -2.38. The largest absolute Gasteiger partial charge is 0.357 e. The van der Waals surface area contributed by atoms with Gasteiger partial charge in [0.1, 0.15) is 0 Å². The Kier molecular flexibility index (Phi) is 7.47. The number of carbonyl (C=O) groups is 1. The summed E-state index contributed by atoms with van der Waals surface area (Å²) >= 11 is 1.78. The Morgan fingerprint density at radius 3 is 2.48 bits per heavy atom. The normalized spacial score (nSPS) is 11.2. The summed E-state index contributed by atoms with van der Waals surface area (Å²) in [5.41, 5.74) is 2.04. The van der Waals surface area contributed by atoms with Crippen molar-refractivity contribution in [2.75, 3.05) is 18.4 Å². The molecule has 0 saturated heterocycles. The molecule has 134 valence electrons. The molecule has 0 aliphatic heterocycles. The Labute approximate surface area is 153 Å². The van der Waals surface area contributed by atoms with E-state index in [1.165, 1.54) is 22.2 Å². The van der Waals surface area contributed by atoms with E-state index in [9.17, 15) is 4.79 Å². The van der Waals surface area contributed by atoms with Gasteiger partial charge in [-0.15, -0.1) is 11.3 Å². The molecular weight excluding hydrogens is 332 g/mol. The maximum Gasteiger partial charge on any atom is 0.221 e. The second-order valence-electron chi connectivity index (χ2n) is 5.76. The monoisotopic (exact) mass is 358 g/mol. The van der Waals surface area contributed by atoms with Crippen LogP contribution in [-0.4, -0.2) is 25.0 Å². The summed E-state index contributed by atoms with van der Waals surface area (Å²) in [5.74, 6) is 0.783. The van der Waals surface area contributed by atoms with Gasteiger partial charge in [-0.05, 0) is 50.1 Å². The van der Waals surface area contributed by atoms with Gasteiger partial charge < -0.3 is 16.0 Å². The molecular formula is C19H26N4OS. The zero-order valence-electron chi connectivity index (χ0n) is 15.1. The lowest BCUT2D eigenvalue weighted by Gasteiger charge is -2.11. The number of aryl methyl sites for hydroxylation is 1. The maximum atomic E-state index is 11.0. The molecule has 0 fully saturated rings. The number of aliphatic imine (C=N–C) groups is 1. The number of anilines is 1. The summed E-state index contributed by atoms with van der Waals surface area (Å²) in [6.45, 7) is 8.01. The highest BCUT2D eigenvalue weighted by Gasteiger charge is 2.01. The van der Waals surface area contributed by atoms with E-state index in [0.717, 1.165) is 31.2 Å². The van der Waals surface area contributed by atoms with Crippen molar-refractivity contribution in [1.82, 2.24) is 10.6 Å². The van der Waals surface area contributed by atoms with E-state index in [1.807, 2.05) is 24.3 Å². The van der Waals surface area contributed by atoms with Crippen LogP contribution in [0, 0.1) is 6.92 Å². The second kappa shape index (κ2) is 9.84. The number of nitrogens with one attached hydrogen (secondary N) is 3. The number of rotatable bonds is 7. The van der Waals surface area contributed by atoms with Crippen LogP contribution in [0.3, 0.4) is 0 Å². The molecule has 0 saturated carbocycles. The average Bonchev–Trinajstić information content (AvgIpc) is 2.99. The Bertz CT molecular complexity index is 706. The van der Waals surface area contributed by atoms with Gasteiger partial charge in [-0.2, -0.15) is 0 Å². The van der Waals surface area contributed by atoms with Crippen LogP contribution >= 0.6 is 11.3 Å². The number of carbonyl (C=O) groups excluding carboxylic acids is 1. The van der Waals surface area contributed by atoms with Gasteiger partial charge in [-0.25, -0.2) is 4.99 Å². The molecule has 1 amide bonds. The first-order chi connectivity index (χ1) is 12.1. The highest BCUT2D eigenvalue weighted by molar-refractivity contribution is 7.11. The van der Waals surface area contributed by atoms with Crippen LogP contribution in [0.1, 0.15) is 29.2 Å². The zero-order chi connectivity index (χ0) is 18.1. The van der Waals surface area contributed by atoms with Gasteiger partial charge in [-0.3, -0.25) is 4.79 Å². The predicted molar refractivity (Wildman–Crippen MR) is 106 cm³/mol. The van der Waals surface area contributed by atoms with Gasteiger partial charge >= 0.3 is 0 Å². The van der Waals surface area contributed by atoms with Crippen LogP contribution < -0.4 is 16.0 Å². The van der Waals surface area contributed by atoms with Gasteiger partial charge in [0.15, 0.2) is 5.96 Å². The summed E-state index contributed by atoms with van der Waals surface area (Å²) in [4.78, 5) is 18.2. The number of amides is 1. The minimum Gasteiger partial charge on any atom is -0.357 e. The van der Waals surface area contributed by atoms with Crippen molar-refractivity contribution in [3.05, 3.63) is 51.7 Å². The van der Waals surface area contributed by atoms with Crippen molar-refractivity contribution in [3.63, 3.8) is 0 Å². The smallest absolute Gasteiger partial charge is 0.221 e. The van der Waals surface area contributed by atoms with Crippen LogP contribution in [0.2, 0.25) is 0 Å². The van der Waals surface area contributed by atoms with E-state index in [-0.39, 0.29) is 5.91 Å². The topological polar surface area (TPSA) is 65.5 Å². The molecule has 2 aromatic rings. The number of hydrogen-bond acceptors (Lipinski definition) is 3. The molecule has 1 heterocycles. The fraction of sp³-hybridized carbons (Fsp3) is 0.368. The Morgan fingerprint density at radius 2 is 1.88 bits per heavy atom. The van der Waals surface area contributed by atoms with E-state index < -0.39 is 0 Å². The second-order valence-corrected chi connectivity index (χ2v) is 7.13. The van der Waals surface area contributed by atoms with Gasteiger partial charge in [0.05, 0.1) is 6.54 Å². The minimum absolute atomic E-state index is 0.0538. The fourth-order valence-electron chi connectivity index (χ4n) is 2.35. The maximum absolute atomic E-state index is 11.0. The fourth-order valence-corrected chi connectivity index (χ4v) is 3.17. The molecule has 2 rings (SSSR count). The lowest BCUT2D eigenvalue weighted by atomic mass is 10.1. The molecule has 0 radical (unpaired) electrons. The van der Waals surface area contributed by atoms with Crippen molar-refractivity contribution in [2.24, 2.45) is 4.99 Å². The summed E-state index contributed by atoms with van der Waals surface area (Å²) < 4.78 is 0. The van der Waals surface area contributed by atoms with E-state index in [1.54, 1.807) is 11.3 Å². The molecule has 0 spiro atoms. The Morgan fingerprint density at radius 1 is 1.12 bits per heavy atom. The van der Waals surface area contributed by atoms with Crippen LogP contribution in [-0.2, 0) is 17.8 Å². The van der Waals surface area contributed by atoms with E-state index >= 15 is 0 Å². The first-order valence-corrected chi connectivity index (χ1v) is 9.32. The molecule has 3 N–H and O–H groups in total. The van der Waals surface area contributed by atoms with Gasteiger partial charge in [0.2, 0.25) is 5.91 Å². The summed E-state index contributed by atoms with van der Waals surface area (Å²) in [6.07, 6.45) is 0.892. The molecule has 1 aromatic carbocycles. The van der Waals surface area contributed by atoms with Gasteiger partial charge in [-0.1, -0.05) is 12.1 Å². The molecule has 25 heavy (non-hydrogen) atoms. The molecule has 0 atom stereocenters. The predicted octanol–water partition coefficient (Wildman–Crippen LogP) is 3.31. The SMILES string of the molecule is CCNC(=NCc1ccc(C)s1)NCCc1ccc(NC(C)=O)cc1. The van der Waals surface area contributed by atoms with E-state index in [0.29, 0.717) is 6.54 Å². The molecule has 0 aliphatic carbocycles. The highest BCUT2D eigenvalue weighted by atomic mass is 32.1. The van der Waals surface area contributed by atoms with Crippen molar-refractivity contribution in [3.8, 4) is 0 Å². The van der Waals surface area contributed by atoms with Crippen LogP contribution in [0.4, 0.5) is 5.69 Å². The lowest BCUT2D eigenvalue weighted by molar-refractivity contribution is -0.114. The van der Waals surface area contributed by atoms with Crippen molar-refractivity contribution >= 4 is 28.9 Å². The number of benzene rings is 1. The third-order valence-electron chi connectivity index (χ3n) is 3.51. The number of guanidine groups is 1. The third-order valence-corrected chi connectivity index (χ3v) is 4.50. The Hall–Kier alpha value is -2.34. The molecule has 5 nitrogen and oxygen atoms in total. The van der Waals surface area contributed by atoms with Crippen LogP contribution in [0.15, 0.2) is 41.4 Å². The van der Waals surface area contributed by atoms with Gasteiger partial charge in [0, 0.05) is 35.5 Å². The van der Waals surface area contributed by atoms with Crippen LogP contribution in [0.5, 0.6) is 0 Å². The van der Waals surface area contributed by atoms with Crippen molar-refractivity contribution in [1.29, 1.82) is 0 Å². The molecule has 1 aromatic heterocycles. The summed E-state index contributed by atoms with van der Waals surface area (Å²) in [5, 5.41) is 9.41. The number of hydrogen-bond donors (Lipinski definition) is 3. The highest BCUT2D eigenvalue weighted by Crippen LogP contribution is 2.15. The standard InChI is InChI=1S/C19H26N4OS/c1-4-20-19(22-13-18-10-5-14(2)25-18)21-12-11-16-6-8-17(9-7-16)23-15(3)24/h5-10H,4,11-13H2,1-3H3,(H,23,24)(H2,20,21,22). The van der Waals surface area contributed by atoms with E-state index in [2.05, 4.69) is 46.9 Å². The van der Waals surface area contributed by atoms with Crippen LogP contribution in [0.25, 0.3) is 0 Å². The van der Waals surface area contributed by atoms with Crippen molar-refractivity contribution in [2.45, 2.75) is 33.7 Å². The summed E-state index contributed by atoms with van der Waals surface area (Å²) in [7, 11) is 0. The quantitative estimate of drug-likeness (QED) is 0.525. The van der Waals surface area contributed by atoms with E-state index in [4.69, 9.17) is 0 Å². The minimum atomic E-state index is -0.0538. The molecule has 6 heteroatoms. The van der Waals surface area contributed by atoms with Gasteiger partial charge in [0.25, 0.3) is 0 Å². The van der Waals surface area contributed by atoms with Crippen molar-refractivity contribution < 1.29 is 4.79 Å². The first-order valence-electron chi connectivity index (χ1n) is 8.51. The first kappa shape index (κ1) is 19.0.